The van der Waals surface area contributed by atoms with E-state index in [0.29, 0.717) is 24.2 Å². The molecule has 0 saturated heterocycles. The lowest BCUT2D eigenvalue weighted by molar-refractivity contribution is 0.0484. The second kappa shape index (κ2) is 12.7. The summed E-state index contributed by atoms with van der Waals surface area (Å²) < 4.78 is 15.4. The Morgan fingerprint density at radius 1 is 0.604 bits per heavy atom. The van der Waals surface area contributed by atoms with E-state index < -0.39 is 11.9 Å². The van der Waals surface area contributed by atoms with Gasteiger partial charge in [0.05, 0.1) is 24.8 Å². The molecule has 7 nitrogen and oxygen atoms in total. The molecule has 6 heterocycles. The first-order chi connectivity index (χ1) is 23.6. The standard InChI is InChI=1S/C41H37N3O4/c1-47-40(45)30-14-16-31(17-15-30)41(46)48-23-7-20-42-26-28-12-18-38-34(24-28)32-8-2-4-10-36(32)43(38)21-6-22-44-37-11-5-3-9-33(37)35-25-29(27-42)13-19-39(35)44/h2-5,8-19,24-25H,6-7,20-23,26-27H2,1H3. The third kappa shape index (κ3) is 5.50. The van der Waals surface area contributed by atoms with Crippen molar-refractivity contribution in [3.05, 3.63) is 131 Å². The number of carbonyl (C=O) groups excluding carboxylic acids is 2. The van der Waals surface area contributed by atoms with Crippen LogP contribution in [0.3, 0.4) is 0 Å². The van der Waals surface area contributed by atoms with Crippen LogP contribution >= 0.6 is 0 Å². The minimum absolute atomic E-state index is 0.299. The third-order valence-corrected chi connectivity index (χ3v) is 9.64. The van der Waals surface area contributed by atoms with Crippen molar-refractivity contribution in [1.29, 1.82) is 0 Å². The van der Waals surface area contributed by atoms with E-state index >= 15 is 0 Å². The monoisotopic (exact) mass is 635 g/mol. The molecule has 0 unspecified atom stereocenters. The van der Waals surface area contributed by atoms with Crippen molar-refractivity contribution in [2.45, 2.75) is 39.0 Å². The Hall–Kier alpha value is -5.40. The maximum Gasteiger partial charge on any atom is 0.338 e. The summed E-state index contributed by atoms with van der Waals surface area (Å²) in [4.78, 5) is 27.0. The molecule has 4 aliphatic rings. The van der Waals surface area contributed by atoms with Gasteiger partial charge in [0, 0.05) is 76.3 Å². The number of para-hydroxylation sites is 2. The van der Waals surface area contributed by atoms with Crippen LogP contribution in [0.15, 0.2) is 109 Å². The van der Waals surface area contributed by atoms with Gasteiger partial charge in [0.1, 0.15) is 0 Å². The molecule has 48 heavy (non-hydrogen) atoms. The number of ether oxygens (including phenoxy) is 2. The average Bonchev–Trinajstić information content (AvgIpc) is 3.61. The summed E-state index contributed by atoms with van der Waals surface area (Å²) in [5.41, 5.74) is 8.43. The van der Waals surface area contributed by atoms with E-state index in [2.05, 4.69) is 99.0 Å². The van der Waals surface area contributed by atoms with Crippen LogP contribution in [0.4, 0.5) is 0 Å². The molecule has 0 radical (unpaired) electrons. The molecule has 8 bridgehead atoms. The number of methoxy groups -OCH3 is 1. The molecule has 0 atom stereocenters. The van der Waals surface area contributed by atoms with E-state index in [-0.39, 0.29) is 0 Å². The number of hydrogen-bond acceptors (Lipinski definition) is 5. The maximum absolute atomic E-state index is 12.8. The predicted molar refractivity (Wildman–Crippen MR) is 190 cm³/mol. The Morgan fingerprint density at radius 3 is 1.65 bits per heavy atom. The molecule has 240 valence electrons. The molecule has 0 spiro atoms. The van der Waals surface area contributed by atoms with Gasteiger partial charge in [0.15, 0.2) is 0 Å². The Balaban J connectivity index is 1.10. The van der Waals surface area contributed by atoms with Crippen molar-refractivity contribution in [3.63, 3.8) is 0 Å². The fourth-order valence-electron chi connectivity index (χ4n) is 7.39. The van der Waals surface area contributed by atoms with E-state index in [1.54, 1.807) is 24.3 Å². The Morgan fingerprint density at radius 2 is 1.10 bits per heavy atom. The van der Waals surface area contributed by atoms with E-state index in [0.717, 1.165) is 39.1 Å². The summed E-state index contributed by atoms with van der Waals surface area (Å²) in [6.45, 7) is 4.49. The van der Waals surface area contributed by atoms with Crippen LogP contribution in [0.2, 0.25) is 0 Å². The van der Waals surface area contributed by atoms with Gasteiger partial charge in [-0.3, -0.25) is 4.90 Å². The first-order valence-corrected chi connectivity index (χ1v) is 16.6. The van der Waals surface area contributed by atoms with Gasteiger partial charge in [0.2, 0.25) is 0 Å². The molecular weight excluding hydrogens is 598 g/mol. The van der Waals surface area contributed by atoms with Crippen molar-refractivity contribution in [1.82, 2.24) is 14.0 Å². The molecule has 2 aromatic heterocycles. The van der Waals surface area contributed by atoms with Gasteiger partial charge >= 0.3 is 11.9 Å². The summed E-state index contributed by atoms with van der Waals surface area (Å²) in [5, 5.41) is 5.16. The predicted octanol–water partition coefficient (Wildman–Crippen LogP) is 8.34. The number of rotatable bonds is 6. The van der Waals surface area contributed by atoms with Crippen LogP contribution in [0.5, 0.6) is 0 Å². The van der Waals surface area contributed by atoms with E-state index in [4.69, 9.17) is 9.47 Å². The van der Waals surface area contributed by atoms with Crippen molar-refractivity contribution in [2.75, 3.05) is 20.3 Å². The highest BCUT2D eigenvalue weighted by molar-refractivity contribution is 6.09. The molecule has 7 aromatic rings. The van der Waals surface area contributed by atoms with Crippen LogP contribution < -0.4 is 0 Å². The minimum atomic E-state index is -0.437. The highest BCUT2D eigenvalue weighted by Gasteiger charge is 2.17. The van der Waals surface area contributed by atoms with Gasteiger partial charge in [-0.25, -0.2) is 9.59 Å². The fraction of sp³-hybridized carbons (Fsp3) is 0.220. The Bertz CT molecular complexity index is 2190. The summed E-state index contributed by atoms with van der Waals surface area (Å²) in [5.74, 6) is -0.837. The van der Waals surface area contributed by atoms with Crippen LogP contribution in [-0.4, -0.2) is 46.2 Å². The van der Waals surface area contributed by atoms with Crippen LogP contribution in [0, 0.1) is 0 Å². The lowest BCUT2D eigenvalue weighted by Crippen LogP contribution is -2.25. The number of carbonyl (C=O) groups is 2. The van der Waals surface area contributed by atoms with Gasteiger partial charge in [-0.1, -0.05) is 48.5 Å². The summed E-state index contributed by atoms with van der Waals surface area (Å²) in [7, 11) is 1.33. The molecule has 0 saturated carbocycles. The SMILES string of the molecule is COC(=O)c1ccc(C(=O)OCCCN2Cc3ccc4c(c3)c3ccccc3n4CCCn3c4ccccc4c4cc(ccc43)C2)cc1. The molecule has 7 heteroatoms. The number of aryl methyl sites for hydroxylation is 2. The van der Waals surface area contributed by atoms with E-state index in [1.807, 2.05) is 0 Å². The maximum atomic E-state index is 12.8. The Labute approximate surface area is 278 Å². The average molecular weight is 636 g/mol. The summed E-state index contributed by atoms with van der Waals surface area (Å²) in [6, 6.07) is 37.7. The molecule has 0 N–H and O–H groups in total. The number of hydrogen-bond donors (Lipinski definition) is 0. The number of esters is 2. The van der Waals surface area contributed by atoms with Crippen molar-refractivity contribution in [3.8, 4) is 0 Å². The van der Waals surface area contributed by atoms with Crippen molar-refractivity contribution in [2.24, 2.45) is 0 Å². The fourth-order valence-corrected chi connectivity index (χ4v) is 7.39. The number of nitrogens with zero attached hydrogens (tertiary/aromatic N) is 3. The van der Waals surface area contributed by atoms with Gasteiger partial charge in [-0.15, -0.1) is 0 Å². The van der Waals surface area contributed by atoms with Gasteiger partial charge in [-0.2, -0.15) is 0 Å². The van der Waals surface area contributed by atoms with Crippen molar-refractivity contribution >= 4 is 55.6 Å². The smallest absolute Gasteiger partial charge is 0.338 e. The molecule has 0 aliphatic carbocycles. The normalized spacial score (nSPS) is 13.9. The van der Waals surface area contributed by atoms with E-state index in [9.17, 15) is 9.59 Å². The quantitative estimate of drug-likeness (QED) is 0.136. The lowest BCUT2D eigenvalue weighted by atomic mass is 10.1. The van der Waals surface area contributed by atoms with Crippen LogP contribution in [0.1, 0.15) is 44.7 Å². The first-order valence-electron chi connectivity index (χ1n) is 16.6. The van der Waals surface area contributed by atoms with E-state index in [1.165, 1.54) is 61.8 Å². The molecule has 0 fully saturated rings. The van der Waals surface area contributed by atoms with Gasteiger partial charge < -0.3 is 18.6 Å². The van der Waals surface area contributed by atoms with Crippen molar-refractivity contribution < 1.29 is 19.1 Å². The van der Waals surface area contributed by atoms with Gasteiger partial charge in [0.25, 0.3) is 0 Å². The molecular formula is C41H37N3O4. The third-order valence-electron chi connectivity index (χ3n) is 9.64. The lowest BCUT2D eigenvalue weighted by Gasteiger charge is -2.23. The second-order valence-electron chi connectivity index (χ2n) is 12.7. The summed E-state index contributed by atoms with van der Waals surface area (Å²) in [6.07, 6.45) is 1.72. The van der Waals surface area contributed by atoms with Gasteiger partial charge in [-0.05, 0) is 84.6 Å². The topological polar surface area (TPSA) is 65.7 Å². The minimum Gasteiger partial charge on any atom is -0.465 e. The highest BCUT2D eigenvalue weighted by atomic mass is 16.5. The summed E-state index contributed by atoms with van der Waals surface area (Å²) >= 11 is 0. The highest BCUT2D eigenvalue weighted by Crippen LogP contribution is 2.33. The Kier molecular flexibility index (Phi) is 7.90. The van der Waals surface area contributed by atoms with Crippen LogP contribution in [0.25, 0.3) is 43.6 Å². The molecule has 11 rings (SSSR count). The largest absolute Gasteiger partial charge is 0.465 e. The first kappa shape index (κ1) is 30.0. The molecule has 0 amide bonds. The van der Waals surface area contributed by atoms with Crippen LogP contribution in [-0.2, 0) is 35.7 Å². The zero-order valence-corrected chi connectivity index (χ0v) is 27.0. The second-order valence-corrected chi connectivity index (χ2v) is 12.7. The number of benzene rings is 5. The number of fused-ring (bicyclic) bond motifs is 2. The molecule has 4 aliphatic heterocycles. The molecule has 5 aromatic carbocycles. The number of aromatic nitrogens is 2. The zero-order valence-electron chi connectivity index (χ0n) is 27.0. The zero-order chi connectivity index (χ0) is 32.6.